The Morgan fingerprint density at radius 3 is 2.84 bits per heavy atom. The number of fused-ring (bicyclic) bond motifs is 1. The zero-order valence-electron chi connectivity index (χ0n) is 10.9. The number of benzene rings is 1. The fourth-order valence-corrected chi connectivity index (χ4v) is 2.67. The van der Waals surface area contributed by atoms with Crippen LogP contribution in [0.25, 0.3) is 0 Å². The van der Waals surface area contributed by atoms with Crippen molar-refractivity contribution >= 4 is 45.2 Å². The van der Waals surface area contributed by atoms with Crippen molar-refractivity contribution in [3.8, 4) is 0 Å². The van der Waals surface area contributed by atoms with E-state index in [-0.39, 0.29) is 17.1 Å². The number of nitrogens with zero attached hydrogens (tertiary/aromatic N) is 1. The van der Waals surface area contributed by atoms with Gasteiger partial charge in [-0.1, -0.05) is 15.9 Å². The number of likely N-dealkylation sites (N-methyl/N-ethyl adjacent to an activating group) is 1. The van der Waals surface area contributed by atoms with Crippen molar-refractivity contribution in [2.24, 2.45) is 0 Å². The van der Waals surface area contributed by atoms with Gasteiger partial charge >= 0.3 is 0 Å². The molecule has 6 heteroatoms. The number of hydrogen-bond acceptors (Lipinski definition) is 3. The highest BCUT2D eigenvalue weighted by molar-refractivity contribution is 9.10. The molecule has 2 atom stereocenters. The lowest BCUT2D eigenvalue weighted by Gasteiger charge is -2.15. The number of thioether (sulfide) groups is 1. The predicted octanol–water partition coefficient (Wildman–Crippen LogP) is 2.33. The number of amides is 2. The summed E-state index contributed by atoms with van der Waals surface area (Å²) in [5, 5.41) is 2.65. The van der Waals surface area contributed by atoms with Gasteiger partial charge in [0.2, 0.25) is 5.91 Å². The Morgan fingerprint density at radius 1 is 1.53 bits per heavy atom. The SMILES string of the molecule is CS[C@@H](C)C(=O)N[C@H]1C(=O)N(C)c2ccc(Br)cc21. The van der Waals surface area contributed by atoms with Gasteiger partial charge in [-0.25, -0.2) is 0 Å². The third kappa shape index (κ3) is 2.65. The predicted molar refractivity (Wildman–Crippen MR) is 81.4 cm³/mol. The average Bonchev–Trinajstić information content (AvgIpc) is 2.62. The second-order valence-corrected chi connectivity index (χ2v) is 6.51. The molecule has 4 nitrogen and oxygen atoms in total. The second-order valence-electron chi connectivity index (χ2n) is 4.42. The molecule has 0 fully saturated rings. The van der Waals surface area contributed by atoms with Gasteiger partial charge in [0, 0.05) is 22.8 Å². The third-order valence-corrected chi connectivity index (χ3v) is 4.66. The summed E-state index contributed by atoms with van der Waals surface area (Å²) >= 11 is 4.85. The van der Waals surface area contributed by atoms with Gasteiger partial charge in [-0.3, -0.25) is 9.59 Å². The van der Waals surface area contributed by atoms with Crippen LogP contribution >= 0.6 is 27.7 Å². The first-order valence-corrected chi connectivity index (χ1v) is 7.94. The van der Waals surface area contributed by atoms with Gasteiger partial charge in [-0.15, -0.1) is 0 Å². The van der Waals surface area contributed by atoms with E-state index in [2.05, 4.69) is 21.2 Å². The fraction of sp³-hybridized carbons (Fsp3) is 0.385. The number of nitrogens with one attached hydrogen (secondary N) is 1. The Kier molecular flexibility index (Phi) is 4.20. The minimum absolute atomic E-state index is 0.102. The molecule has 1 aromatic rings. The molecule has 1 N–H and O–H groups in total. The van der Waals surface area contributed by atoms with Crippen molar-refractivity contribution in [1.82, 2.24) is 5.32 Å². The molecule has 0 spiro atoms. The maximum Gasteiger partial charge on any atom is 0.254 e. The lowest BCUT2D eigenvalue weighted by molar-refractivity contribution is -0.126. The highest BCUT2D eigenvalue weighted by Gasteiger charge is 2.36. The molecule has 1 heterocycles. The highest BCUT2D eigenvalue weighted by Crippen LogP contribution is 2.36. The first kappa shape index (κ1) is 14.4. The first-order valence-electron chi connectivity index (χ1n) is 5.86. The Bertz CT molecular complexity index is 535. The molecule has 0 saturated heterocycles. The number of hydrogen-bond donors (Lipinski definition) is 1. The van der Waals surface area contributed by atoms with Gasteiger partial charge in [0.1, 0.15) is 6.04 Å². The summed E-state index contributed by atoms with van der Waals surface area (Å²) in [5.74, 6) is -0.221. The molecule has 0 saturated carbocycles. The van der Waals surface area contributed by atoms with Crippen molar-refractivity contribution in [2.75, 3.05) is 18.2 Å². The van der Waals surface area contributed by atoms with Crippen molar-refractivity contribution in [1.29, 1.82) is 0 Å². The quantitative estimate of drug-likeness (QED) is 0.917. The largest absolute Gasteiger partial charge is 0.339 e. The number of anilines is 1. The highest BCUT2D eigenvalue weighted by atomic mass is 79.9. The van der Waals surface area contributed by atoms with Crippen LogP contribution in [0.4, 0.5) is 5.69 Å². The smallest absolute Gasteiger partial charge is 0.254 e. The van der Waals surface area contributed by atoms with Gasteiger partial charge in [-0.05, 0) is 31.4 Å². The van der Waals surface area contributed by atoms with Gasteiger partial charge in [0.25, 0.3) is 5.91 Å². The zero-order valence-corrected chi connectivity index (χ0v) is 13.3. The topological polar surface area (TPSA) is 49.4 Å². The third-order valence-electron chi connectivity index (χ3n) is 3.25. The maximum absolute atomic E-state index is 12.2. The van der Waals surface area contributed by atoms with Crippen molar-refractivity contribution in [2.45, 2.75) is 18.2 Å². The Hall–Kier alpha value is -1.01. The zero-order chi connectivity index (χ0) is 14.2. The molecule has 19 heavy (non-hydrogen) atoms. The molecule has 0 aliphatic carbocycles. The minimum Gasteiger partial charge on any atom is -0.339 e. The van der Waals surface area contributed by atoms with E-state index in [0.29, 0.717) is 0 Å². The van der Waals surface area contributed by atoms with Crippen molar-refractivity contribution in [3.05, 3.63) is 28.2 Å². The lowest BCUT2D eigenvalue weighted by atomic mass is 10.1. The molecule has 0 aromatic heterocycles. The summed E-state index contributed by atoms with van der Waals surface area (Å²) in [4.78, 5) is 25.8. The van der Waals surface area contributed by atoms with E-state index < -0.39 is 6.04 Å². The summed E-state index contributed by atoms with van der Waals surface area (Å²) in [6.07, 6.45) is 1.87. The van der Waals surface area contributed by atoms with E-state index in [1.54, 1.807) is 11.9 Å². The summed E-state index contributed by atoms with van der Waals surface area (Å²) in [6, 6.07) is 5.06. The van der Waals surface area contributed by atoms with Gasteiger partial charge < -0.3 is 10.2 Å². The second kappa shape index (κ2) is 5.54. The lowest BCUT2D eigenvalue weighted by Crippen LogP contribution is -2.39. The summed E-state index contributed by atoms with van der Waals surface area (Å²) < 4.78 is 0.895. The number of rotatable bonds is 3. The molecule has 2 amide bonds. The Balaban J connectivity index is 2.30. The Morgan fingerprint density at radius 2 is 2.21 bits per heavy atom. The van der Waals surface area contributed by atoms with Crippen LogP contribution in [-0.4, -0.2) is 30.4 Å². The van der Waals surface area contributed by atoms with Crippen LogP contribution in [0.15, 0.2) is 22.7 Å². The number of carbonyl (C=O) groups excluding carboxylic acids is 2. The van der Waals surface area contributed by atoms with E-state index in [1.165, 1.54) is 11.8 Å². The Labute approximate surface area is 125 Å². The van der Waals surface area contributed by atoms with Crippen LogP contribution in [-0.2, 0) is 9.59 Å². The van der Waals surface area contributed by atoms with Crippen LogP contribution in [0, 0.1) is 0 Å². The fourth-order valence-electron chi connectivity index (χ4n) is 2.01. The van der Waals surface area contributed by atoms with E-state index in [4.69, 9.17) is 0 Å². The molecule has 1 aliphatic rings. The van der Waals surface area contributed by atoms with Crippen LogP contribution < -0.4 is 10.2 Å². The maximum atomic E-state index is 12.2. The van der Waals surface area contributed by atoms with E-state index in [1.807, 2.05) is 31.4 Å². The van der Waals surface area contributed by atoms with Gasteiger partial charge in [-0.2, -0.15) is 11.8 Å². The number of halogens is 1. The van der Waals surface area contributed by atoms with Gasteiger partial charge in [0.15, 0.2) is 0 Å². The first-order chi connectivity index (χ1) is 8.95. The van der Waals surface area contributed by atoms with E-state index in [9.17, 15) is 9.59 Å². The van der Waals surface area contributed by atoms with Crippen LogP contribution in [0.3, 0.4) is 0 Å². The van der Waals surface area contributed by atoms with Crippen LogP contribution in [0.2, 0.25) is 0 Å². The molecule has 1 aromatic carbocycles. The van der Waals surface area contributed by atoms with Gasteiger partial charge in [0.05, 0.1) is 5.25 Å². The molecular weight excluding hydrogens is 328 g/mol. The van der Waals surface area contributed by atoms with Crippen LogP contribution in [0.1, 0.15) is 18.5 Å². The number of carbonyl (C=O) groups is 2. The summed E-state index contributed by atoms with van der Waals surface area (Å²) in [7, 11) is 1.72. The van der Waals surface area contributed by atoms with Crippen molar-refractivity contribution < 1.29 is 9.59 Å². The van der Waals surface area contributed by atoms with Crippen molar-refractivity contribution in [3.63, 3.8) is 0 Å². The molecule has 1 aliphatic heterocycles. The summed E-state index contributed by atoms with van der Waals surface area (Å²) in [6.45, 7) is 1.82. The molecule has 0 bridgehead atoms. The summed E-state index contributed by atoms with van der Waals surface area (Å²) in [5.41, 5.74) is 1.68. The molecule has 0 radical (unpaired) electrons. The molecule has 102 valence electrons. The molecular formula is C13H15BrN2O2S. The van der Waals surface area contributed by atoms with Crippen LogP contribution in [0.5, 0.6) is 0 Å². The average molecular weight is 343 g/mol. The van der Waals surface area contributed by atoms with E-state index in [0.717, 1.165) is 15.7 Å². The molecule has 0 unspecified atom stereocenters. The normalized spacial score (nSPS) is 19.3. The van der Waals surface area contributed by atoms with E-state index >= 15 is 0 Å². The monoisotopic (exact) mass is 342 g/mol. The minimum atomic E-state index is -0.584. The molecule has 2 rings (SSSR count). The standard InChI is InChI=1S/C13H15BrN2O2S/c1-7(19-3)12(17)15-11-9-6-8(14)4-5-10(9)16(2)13(11)18/h4-7,11H,1-3H3,(H,15,17)/t7-,11+/m0/s1.